The number of hydrogen-bond acceptors (Lipinski definition) is 2. The largest absolute Gasteiger partial charge is 0.339 e. The fourth-order valence-electron chi connectivity index (χ4n) is 2.17. The molecule has 1 aliphatic rings. The van der Waals surface area contributed by atoms with Crippen LogP contribution in [-0.4, -0.2) is 29.9 Å². The number of β-lactam (4-membered cyclic amide) rings is 1. The summed E-state index contributed by atoms with van der Waals surface area (Å²) in [5.41, 5.74) is 5.52. The molecule has 1 amide bonds. The molecule has 0 saturated carbocycles. The van der Waals surface area contributed by atoms with Crippen LogP contribution in [-0.2, 0) is 4.79 Å². The summed E-state index contributed by atoms with van der Waals surface area (Å²) in [6, 6.07) is -0.200. The van der Waals surface area contributed by atoms with Crippen LogP contribution in [0.5, 0.6) is 0 Å². The van der Waals surface area contributed by atoms with Crippen LogP contribution < -0.4 is 5.73 Å². The third kappa shape index (κ3) is 4.52. The first-order valence-electron chi connectivity index (χ1n) is 6.80. The maximum Gasteiger partial charge on any atom is 0.241 e. The number of likely N-dealkylation sites (tertiary alicyclic amines) is 1. The lowest BCUT2D eigenvalue weighted by molar-refractivity contribution is -0.142. The summed E-state index contributed by atoms with van der Waals surface area (Å²) >= 11 is 0. The summed E-state index contributed by atoms with van der Waals surface area (Å²) < 4.78 is 0. The van der Waals surface area contributed by atoms with Gasteiger partial charge in [0.05, 0.1) is 0 Å². The number of rotatable bonds is 9. The SMILES string of the molecule is CCCCCCCCCCN1CC(N)C1=O. The van der Waals surface area contributed by atoms with Gasteiger partial charge in [0.15, 0.2) is 0 Å². The number of hydrogen-bond donors (Lipinski definition) is 1. The molecule has 16 heavy (non-hydrogen) atoms. The zero-order valence-electron chi connectivity index (χ0n) is 10.6. The monoisotopic (exact) mass is 226 g/mol. The Balaban J connectivity index is 1.80. The molecule has 1 atom stereocenters. The number of unbranched alkanes of at least 4 members (excludes halogenated alkanes) is 7. The summed E-state index contributed by atoms with van der Waals surface area (Å²) in [4.78, 5) is 13.1. The lowest BCUT2D eigenvalue weighted by atomic mass is 10.1. The zero-order valence-corrected chi connectivity index (χ0v) is 10.6. The topological polar surface area (TPSA) is 46.3 Å². The highest BCUT2D eigenvalue weighted by Gasteiger charge is 2.32. The Morgan fingerprint density at radius 2 is 1.69 bits per heavy atom. The molecule has 1 heterocycles. The minimum Gasteiger partial charge on any atom is -0.339 e. The Kier molecular flexibility index (Phi) is 6.46. The minimum absolute atomic E-state index is 0.142. The first kappa shape index (κ1) is 13.5. The van der Waals surface area contributed by atoms with E-state index in [1.807, 2.05) is 4.90 Å². The van der Waals surface area contributed by atoms with E-state index in [1.54, 1.807) is 0 Å². The molecule has 0 radical (unpaired) electrons. The van der Waals surface area contributed by atoms with Gasteiger partial charge in [-0.3, -0.25) is 4.79 Å². The molecule has 1 unspecified atom stereocenters. The molecule has 1 aliphatic heterocycles. The van der Waals surface area contributed by atoms with E-state index >= 15 is 0 Å². The molecule has 3 nitrogen and oxygen atoms in total. The number of carbonyl (C=O) groups excluding carboxylic acids is 1. The van der Waals surface area contributed by atoms with Crippen LogP contribution in [0.3, 0.4) is 0 Å². The quantitative estimate of drug-likeness (QED) is 0.484. The van der Waals surface area contributed by atoms with Crippen molar-refractivity contribution in [2.45, 2.75) is 64.3 Å². The van der Waals surface area contributed by atoms with Crippen LogP contribution >= 0.6 is 0 Å². The maximum absolute atomic E-state index is 11.2. The van der Waals surface area contributed by atoms with E-state index in [0.717, 1.165) is 19.5 Å². The second kappa shape index (κ2) is 7.66. The summed E-state index contributed by atoms with van der Waals surface area (Å²) in [5.74, 6) is 0.142. The van der Waals surface area contributed by atoms with Crippen LogP contribution in [0, 0.1) is 0 Å². The van der Waals surface area contributed by atoms with Gasteiger partial charge in [-0.25, -0.2) is 0 Å². The molecule has 1 saturated heterocycles. The average Bonchev–Trinajstić information content (AvgIpc) is 2.30. The molecule has 0 spiro atoms. The molecule has 0 aromatic heterocycles. The van der Waals surface area contributed by atoms with Crippen molar-refractivity contribution >= 4 is 5.91 Å². The molecule has 94 valence electrons. The highest BCUT2D eigenvalue weighted by Crippen LogP contribution is 2.12. The van der Waals surface area contributed by atoms with E-state index in [9.17, 15) is 4.79 Å². The van der Waals surface area contributed by atoms with Crippen LogP contribution in [0.15, 0.2) is 0 Å². The molecule has 0 bridgehead atoms. The van der Waals surface area contributed by atoms with Gasteiger partial charge >= 0.3 is 0 Å². The molecular weight excluding hydrogens is 200 g/mol. The van der Waals surface area contributed by atoms with Crippen molar-refractivity contribution < 1.29 is 4.79 Å². The van der Waals surface area contributed by atoms with E-state index < -0.39 is 0 Å². The van der Waals surface area contributed by atoms with Gasteiger partial charge in [0, 0.05) is 13.1 Å². The predicted molar refractivity (Wildman–Crippen MR) is 67.2 cm³/mol. The first-order valence-corrected chi connectivity index (χ1v) is 6.80. The van der Waals surface area contributed by atoms with E-state index in [0.29, 0.717) is 0 Å². The van der Waals surface area contributed by atoms with Gasteiger partial charge < -0.3 is 10.6 Å². The van der Waals surface area contributed by atoms with Gasteiger partial charge in [0.25, 0.3) is 0 Å². The highest BCUT2D eigenvalue weighted by atomic mass is 16.2. The Morgan fingerprint density at radius 1 is 1.12 bits per heavy atom. The fraction of sp³-hybridized carbons (Fsp3) is 0.923. The highest BCUT2D eigenvalue weighted by molar-refractivity contribution is 5.87. The number of amides is 1. The molecule has 1 fully saturated rings. The van der Waals surface area contributed by atoms with Gasteiger partial charge in [-0.2, -0.15) is 0 Å². The van der Waals surface area contributed by atoms with E-state index in [1.165, 1.54) is 44.9 Å². The van der Waals surface area contributed by atoms with Gasteiger partial charge in [-0.1, -0.05) is 51.9 Å². The molecule has 0 aromatic carbocycles. The standard InChI is InChI=1S/C13H26N2O/c1-2-3-4-5-6-7-8-9-10-15-11-12(14)13(15)16/h12H,2-11,14H2,1H3. The summed E-state index contributed by atoms with van der Waals surface area (Å²) in [5, 5.41) is 0. The Hall–Kier alpha value is -0.570. The molecule has 2 N–H and O–H groups in total. The van der Waals surface area contributed by atoms with Crippen molar-refractivity contribution in [1.82, 2.24) is 4.90 Å². The average molecular weight is 226 g/mol. The number of carbonyl (C=O) groups is 1. The van der Waals surface area contributed by atoms with Crippen molar-refractivity contribution in [3.8, 4) is 0 Å². The fourth-order valence-corrected chi connectivity index (χ4v) is 2.17. The third-order valence-electron chi connectivity index (χ3n) is 3.33. The number of nitrogens with zero attached hydrogens (tertiary/aromatic N) is 1. The lowest BCUT2D eigenvalue weighted by Crippen LogP contribution is -2.60. The van der Waals surface area contributed by atoms with Gasteiger partial charge in [0.1, 0.15) is 6.04 Å². The lowest BCUT2D eigenvalue weighted by Gasteiger charge is -2.36. The summed E-state index contributed by atoms with van der Waals surface area (Å²) in [6.07, 6.45) is 10.5. The minimum atomic E-state index is -0.200. The van der Waals surface area contributed by atoms with Crippen molar-refractivity contribution in [3.05, 3.63) is 0 Å². The van der Waals surface area contributed by atoms with Crippen LogP contribution in [0.25, 0.3) is 0 Å². The van der Waals surface area contributed by atoms with Crippen molar-refractivity contribution in [2.24, 2.45) is 5.73 Å². The van der Waals surface area contributed by atoms with Crippen LogP contribution in [0.2, 0.25) is 0 Å². The summed E-state index contributed by atoms with van der Waals surface area (Å²) in [7, 11) is 0. The summed E-state index contributed by atoms with van der Waals surface area (Å²) in [6.45, 7) is 3.94. The van der Waals surface area contributed by atoms with Crippen molar-refractivity contribution in [3.63, 3.8) is 0 Å². The Labute approximate surface area is 99.4 Å². The van der Waals surface area contributed by atoms with Gasteiger partial charge in [-0.15, -0.1) is 0 Å². The maximum atomic E-state index is 11.2. The second-order valence-corrected chi connectivity index (χ2v) is 4.87. The van der Waals surface area contributed by atoms with E-state index in [2.05, 4.69) is 6.92 Å². The molecule has 0 aromatic rings. The van der Waals surface area contributed by atoms with Gasteiger partial charge in [0.2, 0.25) is 5.91 Å². The number of nitrogens with two attached hydrogens (primary N) is 1. The third-order valence-corrected chi connectivity index (χ3v) is 3.33. The molecule has 0 aliphatic carbocycles. The predicted octanol–water partition coefficient (Wildman–Crippen LogP) is 2.30. The smallest absolute Gasteiger partial charge is 0.241 e. The first-order chi connectivity index (χ1) is 7.75. The normalized spacial score (nSPS) is 20.0. The molecular formula is C13H26N2O. The Bertz CT molecular complexity index is 206. The second-order valence-electron chi connectivity index (χ2n) is 4.87. The van der Waals surface area contributed by atoms with Gasteiger partial charge in [-0.05, 0) is 6.42 Å². The molecule has 1 rings (SSSR count). The van der Waals surface area contributed by atoms with E-state index in [4.69, 9.17) is 5.73 Å². The Morgan fingerprint density at radius 3 is 2.19 bits per heavy atom. The van der Waals surface area contributed by atoms with Crippen LogP contribution in [0.4, 0.5) is 0 Å². The van der Waals surface area contributed by atoms with Crippen molar-refractivity contribution in [2.75, 3.05) is 13.1 Å². The zero-order chi connectivity index (χ0) is 11.8. The van der Waals surface area contributed by atoms with E-state index in [-0.39, 0.29) is 11.9 Å². The molecule has 3 heteroatoms. The van der Waals surface area contributed by atoms with Crippen LogP contribution in [0.1, 0.15) is 58.3 Å². The van der Waals surface area contributed by atoms with Crippen molar-refractivity contribution in [1.29, 1.82) is 0 Å².